The van der Waals surface area contributed by atoms with E-state index >= 15 is 13.2 Å². The van der Waals surface area contributed by atoms with Crippen molar-refractivity contribution in [2.24, 2.45) is 0 Å². The second-order valence-electron chi connectivity index (χ2n) is 32.7. The average molecular weight is 2160 g/mol. The summed E-state index contributed by atoms with van der Waals surface area (Å²) in [7, 11) is 0. The van der Waals surface area contributed by atoms with Gasteiger partial charge in [0.05, 0.1) is 109 Å². The van der Waals surface area contributed by atoms with Crippen LogP contribution in [0.15, 0.2) is 83.2 Å². The Bertz CT molecular complexity index is 6780. The molecule has 12 aliphatic rings. The number of aromatic nitrogens is 22. The van der Waals surface area contributed by atoms with Crippen LogP contribution in [0.3, 0.4) is 0 Å². The summed E-state index contributed by atoms with van der Waals surface area (Å²) in [5, 5.41) is 0. The molecule has 6 unspecified atom stereocenters. The third-order valence-electron chi connectivity index (χ3n) is 24.2. The topological polar surface area (TPSA) is 767 Å². The van der Waals surface area contributed by atoms with Gasteiger partial charge in [-0.1, -0.05) is 0 Å². The number of ether oxygens (including phenoxy) is 9. The second kappa shape index (κ2) is 34.8. The van der Waals surface area contributed by atoms with Crippen molar-refractivity contribution in [1.82, 2.24) is 107 Å². The van der Waals surface area contributed by atoms with Gasteiger partial charge in [0.2, 0.25) is 17.8 Å². The fourth-order valence-corrected chi connectivity index (χ4v) is 26.6. The van der Waals surface area contributed by atoms with Crippen LogP contribution in [-0.2, 0) is 168 Å². The molecule has 24 heterocycles. The number of rotatable bonds is 6. The molecule has 73 heteroatoms. The molecule has 12 aliphatic heterocycles. The molecule has 0 aromatic carbocycles. The smallest absolute Gasteiger partial charge is 0.325 e. The molecule has 12 aromatic heterocycles. The summed E-state index contributed by atoms with van der Waals surface area (Å²) in [6.45, 7) is -29.0. The van der Waals surface area contributed by atoms with Crippen LogP contribution >= 0.6 is 40.3 Å². The molecule has 0 radical (unpaired) electrons. The summed E-state index contributed by atoms with van der Waals surface area (Å²) in [5.41, 5.74) is 31.3. The molecule has 12 saturated heterocycles. The molecule has 0 amide bonds. The van der Waals surface area contributed by atoms with E-state index in [-0.39, 0.29) is 77.0 Å². The number of H-pyrrole nitrogens is 3. The zero-order chi connectivity index (χ0) is 96.5. The molecule has 12 aromatic rings. The van der Waals surface area contributed by atoms with Crippen LogP contribution in [0, 0.1) is 0 Å². The summed E-state index contributed by atoms with van der Waals surface area (Å²) in [5.74, 6) is -0.554. The molecule has 738 valence electrons. The third-order valence-corrected chi connectivity index (χ3v) is 33.5. The Kier molecular flexibility index (Phi) is 24.0. The predicted molar refractivity (Wildman–Crippen MR) is 479 cm³/mol. The molecular weight excluding hydrogens is 2090 g/mol. The van der Waals surface area contributed by atoms with E-state index in [4.69, 9.17) is 202 Å². The van der Waals surface area contributed by atoms with E-state index in [0.717, 1.165) is 6.33 Å². The Morgan fingerprint density at radius 2 is 0.630 bits per heavy atom. The summed E-state index contributed by atoms with van der Waals surface area (Å²) >= 11 is 31.9. The Labute approximate surface area is 794 Å². The van der Waals surface area contributed by atoms with Crippen LogP contribution in [0.2, 0.25) is 0 Å². The van der Waals surface area contributed by atoms with Crippen molar-refractivity contribution < 1.29 is 139 Å². The number of imidazole rings is 6. The number of nitrogens with zero attached hydrogens (tertiary/aromatic N) is 19. The highest BCUT2D eigenvalue weighted by atomic mass is 32.5. The van der Waals surface area contributed by atoms with Gasteiger partial charge >= 0.3 is 40.3 Å². The average Bonchev–Trinajstić information content (AvgIpc) is 1.56. The maximum Gasteiger partial charge on any atom is 0.325 e. The number of hydrogen-bond acceptors (Lipinski definition) is 49. The Balaban J connectivity index is 0.000000119. The zero-order valence-corrected chi connectivity index (χ0v) is 79.3. The van der Waals surface area contributed by atoms with Gasteiger partial charge in [0, 0.05) is 12.4 Å². The van der Waals surface area contributed by atoms with Gasteiger partial charge in [0.25, 0.3) is 16.7 Å². The number of anilines is 6. The first-order chi connectivity index (χ1) is 65.5. The van der Waals surface area contributed by atoms with E-state index in [1.165, 1.54) is 64.1 Å². The van der Waals surface area contributed by atoms with E-state index in [2.05, 4.69) is 79.7 Å². The highest BCUT2D eigenvalue weighted by Gasteiger charge is 2.70. The summed E-state index contributed by atoms with van der Waals surface area (Å²) in [6, 6.07) is 3.20. The lowest BCUT2D eigenvalue weighted by Crippen LogP contribution is -2.45. The van der Waals surface area contributed by atoms with Crippen LogP contribution in [0.1, 0.15) is 37.4 Å². The molecule has 30 atom stereocenters. The standard InChI is InChI=1S/2C22H24FN9O10P2S2.C21H23FN10O10P2S2/c2*23-10-9-3-37-43(34,45)42-15-14-20(31-6-27-11-8(24)1-2-26-16(11)31)40-22(15,4-36-14)5-38-44(35,46)41-13(10)19(39-9)32-7-28-12-17(32)29-21(25)30-18(12)33;22-8-7-1-37-43(34,45)42-13-12-19(31-5-27-9-14(23)25-4-26-15(9)31)40-21(13,2-36-12)3-38-44(35,46)41-11(8)18(39-7)32-6-28-10-16(32)29-20(24)30-17(10)33/h2*1-2,6-7,9-10,13-15,19-20H,3-5H2,(H2,24,26)(H,34,45)(H,35,46)(H3,25,29,30,33);4-8,11-13,18-19H,1-3H2,(H,34,45)(H,35,46)(H2,23,25,26)(H3,24,29,30,33)/t2*9-,10+,13-,14-,15+,19-,20-,22-,43?,44?;7-,8+,11-,12-,13+,18-,19-,21-,43?,44?/m111/s1. The van der Waals surface area contributed by atoms with Gasteiger partial charge in [-0.25, -0.2) is 63.0 Å². The van der Waals surface area contributed by atoms with Gasteiger partial charge in [0.15, 0.2) is 112 Å². The van der Waals surface area contributed by atoms with E-state index < -0.39 is 243 Å². The van der Waals surface area contributed by atoms with Gasteiger partial charge in [-0.15, -0.1) is 0 Å². The van der Waals surface area contributed by atoms with Crippen LogP contribution in [0.25, 0.3) is 67.0 Å². The maximum atomic E-state index is 16.0. The fourth-order valence-electron chi connectivity index (χ4n) is 18.0. The van der Waals surface area contributed by atoms with Gasteiger partial charge < -0.3 is 134 Å². The van der Waals surface area contributed by atoms with Crippen LogP contribution in [0.5, 0.6) is 0 Å². The predicted octanol–water partition coefficient (Wildman–Crippen LogP) is -0.960. The lowest BCUT2D eigenvalue weighted by Gasteiger charge is -2.33. The van der Waals surface area contributed by atoms with E-state index in [1.54, 1.807) is 25.8 Å². The summed E-state index contributed by atoms with van der Waals surface area (Å²) in [6.07, 6.45) is -16.1. The molecule has 21 N–H and O–H groups in total. The molecule has 0 saturated carbocycles. The van der Waals surface area contributed by atoms with Gasteiger partial charge in [0.1, 0.15) is 113 Å². The second-order valence-corrected chi connectivity index (χ2v) is 49.5. The minimum atomic E-state index is -4.30. The van der Waals surface area contributed by atoms with Crippen molar-refractivity contribution in [3.63, 3.8) is 0 Å². The number of hydrogen-bond donors (Lipinski definition) is 15. The molecule has 12 fully saturated rings. The molecule has 12 bridgehead atoms. The van der Waals surface area contributed by atoms with Gasteiger partial charge in [-0.05, 0) is 83.0 Å². The first-order valence-electron chi connectivity index (χ1n) is 40.5. The molecular formula is C65H71F3N28O30P6S6. The number of nitrogens with one attached hydrogen (secondary N) is 3. The summed E-state index contributed by atoms with van der Waals surface area (Å²) < 4.78 is 180. The SMILES string of the molecule is Nc1nc2c(ncn2[C@@H]2O[C@@H]3COP(O)(=S)O[C@H]4[C@H]5OC[C@]4(COP(O)(=S)O[C@@H]2[C@H]3F)O[C@H]5n2cnc3c(N)ccnc32)c(=O)[nH]1.Nc1nc2c(ncn2[C@@H]2O[C@@H]3COP(O)(=S)O[C@H]4[C@H]5OC[C@]4(COP(O)(=S)O[C@@H]2[C@H]3F)O[C@H]5n2cnc3c(N)ccnc32)c(=O)[nH]1.Nc1nc2c(ncn2[C@@H]2O[C@@H]3COP(O)(=S)O[C@H]4[C@H]5OC[C@]4(COP(O)(=S)O[C@@H]2[C@H]3F)O[C@H]5n2cnc3c(N)ncnc32)c(=O)[nH]1. The first kappa shape index (κ1) is 95.1. The van der Waals surface area contributed by atoms with Crippen LogP contribution in [-0.4, -0.2) is 305 Å². The minimum Gasteiger partial charge on any atom is -0.397 e. The van der Waals surface area contributed by atoms with Crippen molar-refractivity contribution in [3.8, 4) is 0 Å². The quantitative estimate of drug-likeness (QED) is 0.0892. The monoisotopic (exact) mass is 2160 g/mol. The number of nitrogen functional groups attached to an aromatic ring is 6. The number of nitrogens with two attached hydrogens (primary N) is 6. The molecule has 0 spiro atoms. The van der Waals surface area contributed by atoms with E-state index in [9.17, 15) is 43.7 Å². The van der Waals surface area contributed by atoms with Crippen LogP contribution < -0.4 is 51.1 Å². The minimum absolute atomic E-state index is 0.0537. The van der Waals surface area contributed by atoms with Crippen molar-refractivity contribution in [2.75, 3.05) is 93.9 Å². The highest BCUT2D eigenvalue weighted by Crippen LogP contribution is 2.64. The van der Waals surface area contributed by atoms with Crippen molar-refractivity contribution in [2.45, 2.75) is 146 Å². The maximum absolute atomic E-state index is 16.0. The lowest BCUT2D eigenvalue weighted by molar-refractivity contribution is -0.183. The largest absolute Gasteiger partial charge is 0.397 e. The highest BCUT2D eigenvalue weighted by molar-refractivity contribution is 8.08. The Morgan fingerprint density at radius 3 is 0.949 bits per heavy atom. The summed E-state index contributed by atoms with van der Waals surface area (Å²) in [4.78, 5) is 165. The van der Waals surface area contributed by atoms with E-state index in [1.807, 2.05) is 0 Å². The van der Waals surface area contributed by atoms with Gasteiger partial charge in [-0.3, -0.25) is 83.9 Å². The third kappa shape index (κ3) is 16.7. The Morgan fingerprint density at radius 1 is 0.348 bits per heavy atom. The number of alkyl halides is 3. The number of halogens is 3. The normalized spacial score (nSPS) is 39.7. The molecule has 58 nitrogen and oxygen atoms in total. The fraction of sp³-hybridized carbons (Fsp3) is 0.508. The van der Waals surface area contributed by atoms with Crippen molar-refractivity contribution in [1.29, 1.82) is 0 Å². The first-order valence-corrected chi connectivity index (χ1v) is 56.0. The van der Waals surface area contributed by atoms with Crippen molar-refractivity contribution >= 4 is 213 Å². The van der Waals surface area contributed by atoms with E-state index in [0.29, 0.717) is 44.9 Å². The molecule has 138 heavy (non-hydrogen) atoms. The number of aromatic amines is 3. The molecule has 0 aliphatic carbocycles. The van der Waals surface area contributed by atoms with Crippen molar-refractivity contribution in [3.05, 3.63) is 99.9 Å². The zero-order valence-electron chi connectivity index (χ0n) is 69.0. The lowest BCUT2D eigenvalue weighted by atomic mass is 10.0. The number of fused-ring (bicyclic) bond motifs is 12. The van der Waals surface area contributed by atoms with Crippen LogP contribution in [0.4, 0.5) is 48.2 Å². The Hall–Kier alpha value is -7.75. The van der Waals surface area contributed by atoms with Gasteiger partial charge in [-0.2, -0.15) is 15.0 Å². The molecule has 24 rings (SSSR count). The number of pyridine rings is 2.